The summed E-state index contributed by atoms with van der Waals surface area (Å²) in [5, 5.41) is 10.5. The highest BCUT2D eigenvalue weighted by Crippen LogP contribution is 2.49. The van der Waals surface area contributed by atoms with E-state index in [0.29, 0.717) is 5.92 Å². The van der Waals surface area contributed by atoms with E-state index in [9.17, 15) is 4.79 Å². The molecule has 5 unspecified atom stereocenters. The molecule has 22 heavy (non-hydrogen) atoms. The van der Waals surface area contributed by atoms with E-state index in [1.165, 1.54) is 25.7 Å². The smallest absolute Gasteiger partial charge is 0.242 e. The van der Waals surface area contributed by atoms with Gasteiger partial charge in [-0.3, -0.25) is 9.48 Å². The number of aryl methyl sites for hydroxylation is 1. The van der Waals surface area contributed by atoms with Crippen molar-refractivity contribution in [1.82, 2.24) is 20.4 Å². The van der Waals surface area contributed by atoms with Crippen LogP contribution in [-0.4, -0.2) is 28.8 Å². The maximum absolute atomic E-state index is 12.5. The van der Waals surface area contributed by atoms with Gasteiger partial charge < -0.3 is 10.6 Å². The molecule has 1 heterocycles. The molecule has 2 fully saturated rings. The van der Waals surface area contributed by atoms with Crippen molar-refractivity contribution in [3.05, 3.63) is 18.0 Å². The van der Waals surface area contributed by atoms with Crippen LogP contribution in [0.1, 0.15) is 44.2 Å². The van der Waals surface area contributed by atoms with Crippen molar-refractivity contribution >= 4 is 18.3 Å². The molecule has 1 amide bonds. The number of rotatable bonds is 5. The van der Waals surface area contributed by atoms with Crippen LogP contribution in [-0.2, 0) is 11.8 Å². The van der Waals surface area contributed by atoms with Crippen molar-refractivity contribution in [3.63, 3.8) is 0 Å². The maximum atomic E-state index is 12.5. The van der Waals surface area contributed by atoms with Crippen LogP contribution >= 0.6 is 12.4 Å². The van der Waals surface area contributed by atoms with Gasteiger partial charge in [0.25, 0.3) is 0 Å². The molecule has 2 bridgehead atoms. The van der Waals surface area contributed by atoms with Crippen molar-refractivity contribution < 1.29 is 4.79 Å². The lowest BCUT2D eigenvalue weighted by Gasteiger charge is -2.29. The lowest BCUT2D eigenvalue weighted by Crippen LogP contribution is -2.44. The van der Waals surface area contributed by atoms with Crippen LogP contribution in [0.15, 0.2) is 12.4 Å². The first kappa shape index (κ1) is 17.3. The Hall–Kier alpha value is -1.07. The molecule has 0 saturated heterocycles. The van der Waals surface area contributed by atoms with Gasteiger partial charge in [0.1, 0.15) is 6.04 Å². The molecule has 1 aromatic heterocycles. The fraction of sp³-hybridized carbons (Fsp3) is 0.750. The molecular formula is C16H27ClN4O. The van der Waals surface area contributed by atoms with Crippen LogP contribution in [0.3, 0.4) is 0 Å². The number of carbonyl (C=O) groups is 1. The first-order chi connectivity index (χ1) is 10.1. The SMILES string of the molecule is CNC(C(=O)NC(C)C1CC2CCC1C2)c1cnn(C)c1.Cl. The Balaban J connectivity index is 0.00000176. The Kier molecular flexibility index (Phi) is 5.50. The van der Waals surface area contributed by atoms with Crippen LogP contribution in [0.4, 0.5) is 0 Å². The second-order valence-corrected chi connectivity index (χ2v) is 6.81. The number of carbonyl (C=O) groups excluding carboxylic acids is 1. The van der Waals surface area contributed by atoms with Crippen LogP contribution in [0.5, 0.6) is 0 Å². The second-order valence-electron chi connectivity index (χ2n) is 6.81. The Labute approximate surface area is 138 Å². The van der Waals surface area contributed by atoms with Crippen LogP contribution in [0.2, 0.25) is 0 Å². The third-order valence-electron chi connectivity index (χ3n) is 5.41. The first-order valence-electron chi connectivity index (χ1n) is 8.04. The zero-order valence-electron chi connectivity index (χ0n) is 13.6. The standard InChI is InChI=1S/C16H26N4O.ClH/c1-10(14-7-11-4-5-12(14)6-11)19-16(21)15(17-2)13-8-18-20(3)9-13;/h8-12,14-15,17H,4-7H2,1-3H3,(H,19,21);1H. The summed E-state index contributed by atoms with van der Waals surface area (Å²) in [5.41, 5.74) is 0.914. The van der Waals surface area contributed by atoms with E-state index in [4.69, 9.17) is 0 Å². The van der Waals surface area contributed by atoms with Crippen LogP contribution < -0.4 is 10.6 Å². The topological polar surface area (TPSA) is 59.0 Å². The Morgan fingerprint density at radius 1 is 1.41 bits per heavy atom. The molecule has 2 N–H and O–H groups in total. The summed E-state index contributed by atoms with van der Waals surface area (Å²) in [7, 11) is 3.69. The minimum atomic E-state index is -0.320. The van der Waals surface area contributed by atoms with Crippen molar-refractivity contribution in [2.24, 2.45) is 24.8 Å². The molecule has 2 aliphatic carbocycles. The molecule has 0 spiro atoms. The van der Waals surface area contributed by atoms with E-state index in [0.717, 1.165) is 17.4 Å². The summed E-state index contributed by atoms with van der Waals surface area (Å²) >= 11 is 0. The van der Waals surface area contributed by atoms with Crippen molar-refractivity contribution in [2.45, 2.75) is 44.7 Å². The highest BCUT2D eigenvalue weighted by Gasteiger charge is 2.42. The lowest BCUT2D eigenvalue weighted by molar-refractivity contribution is -0.124. The fourth-order valence-corrected chi connectivity index (χ4v) is 4.36. The molecule has 3 rings (SSSR count). The quantitative estimate of drug-likeness (QED) is 0.870. The van der Waals surface area contributed by atoms with Gasteiger partial charge in [-0.15, -0.1) is 12.4 Å². The molecule has 0 aliphatic heterocycles. The number of hydrogen-bond acceptors (Lipinski definition) is 3. The molecule has 2 aliphatic rings. The number of nitrogens with one attached hydrogen (secondary N) is 2. The minimum absolute atomic E-state index is 0. The number of hydrogen-bond donors (Lipinski definition) is 2. The number of aromatic nitrogens is 2. The average Bonchev–Trinajstić information content (AvgIpc) is 3.16. The first-order valence-corrected chi connectivity index (χ1v) is 8.04. The van der Waals surface area contributed by atoms with Gasteiger partial charge in [0.2, 0.25) is 5.91 Å². The summed E-state index contributed by atoms with van der Waals surface area (Å²) in [5.74, 6) is 2.47. The van der Waals surface area contributed by atoms with Crippen molar-refractivity contribution in [3.8, 4) is 0 Å². The average molecular weight is 327 g/mol. The summed E-state index contributed by atoms with van der Waals surface area (Å²) in [6.07, 6.45) is 9.07. The van der Waals surface area contributed by atoms with Crippen molar-refractivity contribution in [2.75, 3.05) is 7.05 Å². The lowest BCUT2D eigenvalue weighted by atomic mass is 9.84. The van der Waals surface area contributed by atoms with Gasteiger partial charge >= 0.3 is 0 Å². The van der Waals surface area contributed by atoms with E-state index in [2.05, 4.69) is 22.7 Å². The predicted octanol–water partition coefficient (Wildman–Crippen LogP) is 2.04. The van der Waals surface area contributed by atoms with E-state index in [1.54, 1.807) is 10.9 Å². The summed E-state index contributed by atoms with van der Waals surface area (Å²) < 4.78 is 1.73. The molecular weight excluding hydrogens is 300 g/mol. The van der Waals surface area contributed by atoms with Gasteiger partial charge in [0.05, 0.1) is 6.20 Å². The zero-order chi connectivity index (χ0) is 15.0. The largest absolute Gasteiger partial charge is 0.352 e. The maximum Gasteiger partial charge on any atom is 0.242 e. The number of halogens is 1. The third kappa shape index (κ3) is 3.30. The third-order valence-corrected chi connectivity index (χ3v) is 5.41. The normalized spacial score (nSPS) is 29.0. The number of likely N-dealkylation sites (N-methyl/N-ethyl adjacent to an activating group) is 1. The summed E-state index contributed by atoms with van der Waals surface area (Å²) in [6, 6.07) is -0.0555. The minimum Gasteiger partial charge on any atom is -0.352 e. The number of amides is 1. The monoisotopic (exact) mass is 326 g/mol. The molecule has 0 aromatic carbocycles. The molecule has 124 valence electrons. The van der Waals surface area contributed by atoms with Gasteiger partial charge in [0.15, 0.2) is 0 Å². The van der Waals surface area contributed by atoms with Crippen LogP contribution in [0, 0.1) is 17.8 Å². The van der Waals surface area contributed by atoms with Gasteiger partial charge in [-0.05, 0) is 51.0 Å². The van der Waals surface area contributed by atoms with Gasteiger partial charge in [-0.1, -0.05) is 6.42 Å². The highest BCUT2D eigenvalue weighted by atomic mass is 35.5. The highest BCUT2D eigenvalue weighted by molar-refractivity contribution is 5.85. The van der Waals surface area contributed by atoms with Gasteiger partial charge in [-0.25, -0.2) is 0 Å². The van der Waals surface area contributed by atoms with Gasteiger partial charge in [-0.2, -0.15) is 5.10 Å². The number of fused-ring (bicyclic) bond motifs is 2. The summed E-state index contributed by atoms with van der Waals surface area (Å²) in [4.78, 5) is 12.5. The molecule has 5 nitrogen and oxygen atoms in total. The van der Waals surface area contributed by atoms with E-state index < -0.39 is 0 Å². The molecule has 1 aromatic rings. The fourth-order valence-electron chi connectivity index (χ4n) is 4.36. The Morgan fingerprint density at radius 2 is 2.18 bits per heavy atom. The van der Waals surface area contributed by atoms with Crippen molar-refractivity contribution in [1.29, 1.82) is 0 Å². The Morgan fingerprint density at radius 3 is 2.68 bits per heavy atom. The van der Waals surface area contributed by atoms with Gasteiger partial charge in [0, 0.05) is 24.8 Å². The van der Waals surface area contributed by atoms with E-state index in [-0.39, 0.29) is 30.4 Å². The summed E-state index contributed by atoms with van der Waals surface area (Å²) in [6.45, 7) is 2.17. The second kappa shape index (κ2) is 7.01. The van der Waals surface area contributed by atoms with Crippen LogP contribution in [0.25, 0.3) is 0 Å². The molecule has 2 saturated carbocycles. The Bertz CT molecular complexity index is 518. The number of nitrogens with zero attached hydrogens (tertiary/aromatic N) is 2. The zero-order valence-corrected chi connectivity index (χ0v) is 14.4. The van der Waals surface area contributed by atoms with E-state index >= 15 is 0 Å². The predicted molar refractivity (Wildman–Crippen MR) is 88.8 cm³/mol. The van der Waals surface area contributed by atoms with E-state index in [1.807, 2.05) is 20.3 Å². The molecule has 0 radical (unpaired) electrons. The molecule has 5 atom stereocenters. The molecule has 6 heteroatoms.